The maximum atomic E-state index is 3.32. The normalized spacial score (nSPS) is 18.2. The van der Waals surface area contributed by atoms with Crippen LogP contribution in [0.2, 0.25) is 0 Å². The zero-order chi connectivity index (χ0) is 8.60. The lowest BCUT2D eigenvalue weighted by Crippen LogP contribution is -1.98. The Hall–Kier alpha value is -0.740. The van der Waals surface area contributed by atoms with Gasteiger partial charge in [-0.05, 0) is 38.8 Å². The summed E-state index contributed by atoms with van der Waals surface area (Å²) in [5.41, 5.74) is 0.272. The van der Waals surface area contributed by atoms with Crippen molar-refractivity contribution >= 4 is 11.3 Å². The fourth-order valence-corrected chi connectivity index (χ4v) is 2.56. The molecule has 1 aliphatic carbocycles. The van der Waals surface area contributed by atoms with Gasteiger partial charge >= 0.3 is 0 Å². The maximum Gasteiger partial charge on any atom is 0.0657 e. The van der Waals surface area contributed by atoms with E-state index in [9.17, 15) is 0 Å². The second kappa shape index (κ2) is 2.64. The fraction of sp³-hybridized carbons (Fsp3) is 0.455. The molecule has 0 saturated heterocycles. The molecule has 1 saturated carbocycles. The molecule has 1 heterocycles. The van der Waals surface area contributed by atoms with Crippen LogP contribution in [0.15, 0.2) is 12.1 Å². The van der Waals surface area contributed by atoms with Gasteiger partial charge < -0.3 is 0 Å². The molecule has 0 amide bonds. The number of aryl methyl sites for hydroxylation is 1. The summed E-state index contributed by atoms with van der Waals surface area (Å²) in [5, 5.41) is 0. The highest BCUT2D eigenvalue weighted by Gasteiger charge is 2.43. The van der Waals surface area contributed by atoms with Gasteiger partial charge in [-0.3, -0.25) is 0 Å². The lowest BCUT2D eigenvalue weighted by Gasteiger charge is -2.01. The van der Waals surface area contributed by atoms with Gasteiger partial charge in [-0.1, -0.05) is 5.92 Å². The first-order valence-electron chi connectivity index (χ1n) is 4.28. The summed E-state index contributed by atoms with van der Waals surface area (Å²) < 4.78 is 0. The van der Waals surface area contributed by atoms with Crippen LogP contribution in [0.25, 0.3) is 0 Å². The van der Waals surface area contributed by atoms with Gasteiger partial charge in [-0.15, -0.1) is 17.3 Å². The van der Waals surface area contributed by atoms with Crippen LogP contribution < -0.4 is 0 Å². The van der Waals surface area contributed by atoms with Gasteiger partial charge in [0.05, 0.1) is 5.41 Å². The molecule has 0 unspecified atom stereocenters. The molecule has 1 aliphatic rings. The molecule has 1 heteroatoms. The van der Waals surface area contributed by atoms with E-state index in [-0.39, 0.29) is 5.41 Å². The van der Waals surface area contributed by atoms with Gasteiger partial charge in [0.1, 0.15) is 0 Å². The zero-order valence-corrected chi connectivity index (χ0v) is 8.29. The minimum atomic E-state index is 0.272. The minimum absolute atomic E-state index is 0.272. The van der Waals surface area contributed by atoms with Gasteiger partial charge in [0.15, 0.2) is 0 Å². The van der Waals surface area contributed by atoms with E-state index in [2.05, 4.69) is 30.9 Å². The first kappa shape index (κ1) is 7.89. The lowest BCUT2D eigenvalue weighted by molar-refractivity contribution is 0.960. The van der Waals surface area contributed by atoms with Gasteiger partial charge in [0, 0.05) is 9.75 Å². The highest BCUT2D eigenvalue weighted by Crippen LogP contribution is 2.49. The van der Waals surface area contributed by atoms with Crippen molar-refractivity contribution in [1.29, 1.82) is 0 Å². The third-order valence-corrected chi connectivity index (χ3v) is 3.53. The van der Waals surface area contributed by atoms with Crippen LogP contribution in [0.5, 0.6) is 0 Å². The molecule has 2 rings (SSSR count). The molecule has 0 spiro atoms. The molecule has 12 heavy (non-hydrogen) atoms. The van der Waals surface area contributed by atoms with Crippen molar-refractivity contribution < 1.29 is 0 Å². The molecule has 62 valence electrons. The monoisotopic (exact) mass is 176 g/mol. The van der Waals surface area contributed by atoms with E-state index in [0.717, 1.165) is 0 Å². The standard InChI is InChI=1S/C11H12S/c1-3-6-11(7-8-11)10-5-4-9(2)12-10/h4-5H,7-8H2,1-2H3. The third-order valence-electron chi connectivity index (χ3n) is 2.33. The smallest absolute Gasteiger partial charge is 0.0657 e. The van der Waals surface area contributed by atoms with E-state index in [4.69, 9.17) is 0 Å². The van der Waals surface area contributed by atoms with E-state index in [1.54, 1.807) is 0 Å². The summed E-state index contributed by atoms with van der Waals surface area (Å²) in [6, 6.07) is 4.43. The summed E-state index contributed by atoms with van der Waals surface area (Å²) >= 11 is 1.89. The molecule has 0 radical (unpaired) electrons. The van der Waals surface area contributed by atoms with Crippen LogP contribution in [0.4, 0.5) is 0 Å². The Bertz CT molecular complexity index is 345. The van der Waals surface area contributed by atoms with Crippen molar-refractivity contribution in [2.24, 2.45) is 0 Å². The SMILES string of the molecule is CC#CC1(c2ccc(C)s2)CC1. The molecule has 0 nitrogen and oxygen atoms in total. The number of thiophene rings is 1. The van der Waals surface area contributed by atoms with E-state index in [1.807, 2.05) is 18.3 Å². The van der Waals surface area contributed by atoms with Gasteiger partial charge in [-0.25, -0.2) is 0 Å². The second-order valence-corrected chi connectivity index (χ2v) is 4.66. The van der Waals surface area contributed by atoms with E-state index in [1.165, 1.54) is 22.6 Å². The molecule has 0 aromatic carbocycles. The molecule has 0 aliphatic heterocycles. The van der Waals surface area contributed by atoms with Crippen molar-refractivity contribution in [3.63, 3.8) is 0 Å². The first-order chi connectivity index (χ1) is 5.77. The molecule has 0 N–H and O–H groups in total. The average Bonchev–Trinajstić information content (AvgIpc) is 2.69. The number of hydrogen-bond acceptors (Lipinski definition) is 1. The van der Waals surface area contributed by atoms with Crippen molar-refractivity contribution in [2.75, 3.05) is 0 Å². The van der Waals surface area contributed by atoms with Crippen LogP contribution in [0.1, 0.15) is 29.5 Å². The molecule has 0 atom stereocenters. The van der Waals surface area contributed by atoms with Crippen molar-refractivity contribution in [3.05, 3.63) is 21.9 Å². The molecule has 0 bridgehead atoms. The molecular weight excluding hydrogens is 164 g/mol. The van der Waals surface area contributed by atoms with Crippen molar-refractivity contribution in [1.82, 2.24) is 0 Å². The summed E-state index contributed by atoms with van der Waals surface area (Å²) in [7, 11) is 0. The Morgan fingerprint density at radius 2 is 2.17 bits per heavy atom. The molecule has 1 fully saturated rings. The predicted octanol–water partition coefficient (Wildman–Crippen LogP) is 3.11. The average molecular weight is 176 g/mol. The lowest BCUT2D eigenvalue weighted by atomic mass is 10.1. The van der Waals surface area contributed by atoms with E-state index < -0.39 is 0 Å². The quantitative estimate of drug-likeness (QED) is 0.577. The van der Waals surface area contributed by atoms with Crippen LogP contribution >= 0.6 is 11.3 Å². The zero-order valence-electron chi connectivity index (χ0n) is 7.48. The Morgan fingerprint density at radius 3 is 2.58 bits per heavy atom. The summed E-state index contributed by atoms with van der Waals surface area (Å²) in [6.45, 7) is 4.09. The molecular formula is C11H12S. The largest absolute Gasteiger partial charge is 0.144 e. The van der Waals surface area contributed by atoms with Crippen LogP contribution in [-0.2, 0) is 5.41 Å². The van der Waals surface area contributed by atoms with Crippen LogP contribution in [-0.4, -0.2) is 0 Å². The minimum Gasteiger partial charge on any atom is -0.144 e. The Kier molecular flexibility index (Phi) is 1.73. The van der Waals surface area contributed by atoms with Crippen LogP contribution in [0.3, 0.4) is 0 Å². The first-order valence-corrected chi connectivity index (χ1v) is 5.09. The van der Waals surface area contributed by atoms with Crippen molar-refractivity contribution in [3.8, 4) is 11.8 Å². The molecule has 1 aromatic rings. The highest BCUT2D eigenvalue weighted by atomic mass is 32.1. The number of hydrogen-bond donors (Lipinski definition) is 0. The Labute approximate surface area is 77.6 Å². The topological polar surface area (TPSA) is 0 Å². The van der Waals surface area contributed by atoms with Gasteiger partial charge in [0.2, 0.25) is 0 Å². The highest BCUT2D eigenvalue weighted by molar-refractivity contribution is 7.12. The van der Waals surface area contributed by atoms with Crippen molar-refractivity contribution in [2.45, 2.75) is 32.1 Å². The van der Waals surface area contributed by atoms with E-state index >= 15 is 0 Å². The van der Waals surface area contributed by atoms with Crippen LogP contribution in [0, 0.1) is 18.8 Å². The summed E-state index contributed by atoms with van der Waals surface area (Å²) in [6.07, 6.45) is 2.52. The van der Waals surface area contributed by atoms with Gasteiger partial charge in [-0.2, -0.15) is 0 Å². The maximum absolute atomic E-state index is 3.32. The van der Waals surface area contributed by atoms with Gasteiger partial charge in [0.25, 0.3) is 0 Å². The number of rotatable bonds is 1. The van der Waals surface area contributed by atoms with E-state index in [0.29, 0.717) is 0 Å². The summed E-state index contributed by atoms with van der Waals surface area (Å²) in [5.74, 6) is 6.36. The second-order valence-electron chi connectivity index (χ2n) is 3.37. The Morgan fingerprint density at radius 1 is 1.42 bits per heavy atom. The Balaban J connectivity index is 2.34. The summed E-state index contributed by atoms with van der Waals surface area (Å²) in [4.78, 5) is 2.86. The predicted molar refractivity (Wildman–Crippen MR) is 53.4 cm³/mol. The fourth-order valence-electron chi connectivity index (χ4n) is 1.49. The third kappa shape index (κ3) is 1.17. The molecule has 1 aromatic heterocycles.